The SMILES string of the molecule is CC(=O)N1CCC[C@H]1COc1ncc(C(C)(C)N=[N+]=[N-])c2cc(Cl)ncc12. The fourth-order valence-electron chi connectivity index (χ4n) is 3.45. The molecular weight excluding hydrogens is 368 g/mol. The molecule has 0 bridgehead atoms. The quantitative estimate of drug-likeness (QED) is 0.331. The lowest BCUT2D eigenvalue weighted by Crippen LogP contribution is -2.37. The molecule has 1 aliphatic rings. The predicted octanol–water partition coefficient (Wildman–Crippen LogP) is 4.22. The summed E-state index contributed by atoms with van der Waals surface area (Å²) in [5.74, 6) is 0.476. The van der Waals surface area contributed by atoms with Gasteiger partial charge in [-0.15, -0.1) is 0 Å². The number of aromatic nitrogens is 2. The van der Waals surface area contributed by atoms with Crippen LogP contribution in [0.1, 0.15) is 39.2 Å². The average molecular weight is 389 g/mol. The molecule has 0 aliphatic carbocycles. The Morgan fingerprint density at radius 3 is 2.93 bits per heavy atom. The Labute approximate surface area is 162 Å². The molecule has 0 unspecified atom stereocenters. The van der Waals surface area contributed by atoms with Crippen molar-refractivity contribution in [3.05, 3.63) is 39.6 Å². The van der Waals surface area contributed by atoms with E-state index in [1.807, 2.05) is 4.90 Å². The van der Waals surface area contributed by atoms with Crippen molar-refractivity contribution >= 4 is 28.3 Å². The van der Waals surface area contributed by atoms with E-state index in [9.17, 15) is 4.79 Å². The fraction of sp³-hybridized carbons (Fsp3) is 0.500. The topological polar surface area (TPSA) is 104 Å². The van der Waals surface area contributed by atoms with Gasteiger partial charge in [0.1, 0.15) is 11.8 Å². The van der Waals surface area contributed by atoms with E-state index in [0.717, 1.165) is 30.3 Å². The third-order valence-electron chi connectivity index (χ3n) is 4.85. The molecule has 1 fully saturated rings. The molecule has 3 heterocycles. The number of hydrogen-bond acceptors (Lipinski definition) is 5. The van der Waals surface area contributed by atoms with Crippen molar-refractivity contribution < 1.29 is 9.53 Å². The van der Waals surface area contributed by atoms with Crippen molar-refractivity contribution in [1.82, 2.24) is 14.9 Å². The van der Waals surface area contributed by atoms with E-state index >= 15 is 0 Å². The Kier molecular flexibility index (Phi) is 5.39. The smallest absolute Gasteiger partial charge is 0.222 e. The van der Waals surface area contributed by atoms with Crippen LogP contribution in [0.3, 0.4) is 0 Å². The Bertz CT molecular complexity index is 925. The first-order valence-electron chi connectivity index (χ1n) is 8.74. The highest BCUT2D eigenvalue weighted by molar-refractivity contribution is 6.30. The van der Waals surface area contributed by atoms with Crippen LogP contribution < -0.4 is 4.74 Å². The van der Waals surface area contributed by atoms with Crippen LogP contribution in [0.5, 0.6) is 5.88 Å². The van der Waals surface area contributed by atoms with Crippen LogP contribution >= 0.6 is 11.6 Å². The molecule has 2 aromatic heterocycles. The van der Waals surface area contributed by atoms with Crippen molar-refractivity contribution in [3.63, 3.8) is 0 Å². The van der Waals surface area contributed by atoms with Gasteiger partial charge in [0.05, 0.1) is 17.0 Å². The molecule has 8 nitrogen and oxygen atoms in total. The number of hydrogen-bond donors (Lipinski definition) is 0. The normalized spacial score (nSPS) is 17.0. The molecule has 1 amide bonds. The lowest BCUT2D eigenvalue weighted by atomic mass is 9.93. The van der Waals surface area contributed by atoms with Crippen molar-refractivity contribution in [3.8, 4) is 5.88 Å². The summed E-state index contributed by atoms with van der Waals surface area (Å²) in [7, 11) is 0. The molecule has 1 aliphatic heterocycles. The third kappa shape index (κ3) is 3.91. The summed E-state index contributed by atoms with van der Waals surface area (Å²) in [6.07, 6.45) is 5.12. The molecule has 0 radical (unpaired) electrons. The number of pyridine rings is 2. The lowest BCUT2D eigenvalue weighted by molar-refractivity contribution is -0.130. The van der Waals surface area contributed by atoms with Crippen LogP contribution in [0.15, 0.2) is 23.6 Å². The van der Waals surface area contributed by atoms with Gasteiger partial charge in [-0.1, -0.05) is 30.6 Å². The molecule has 1 saturated heterocycles. The van der Waals surface area contributed by atoms with E-state index in [0.29, 0.717) is 23.0 Å². The number of carbonyl (C=O) groups is 1. The molecule has 1 atom stereocenters. The number of ether oxygens (including phenoxy) is 1. The maximum Gasteiger partial charge on any atom is 0.222 e. The van der Waals surface area contributed by atoms with Gasteiger partial charge in [0, 0.05) is 30.8 Å². The summed E-state index contributed by atoms with van der Waals surface area (Å²) in [6.45, 7) is 6.31. The summed E-state index contributed by atoms with van der Waals surface area (Å²) >= 11 is 6.08. The zero-order valence-electron chi connectivity index (χ0n) is 15.5. The molecule has 0 aromatic carbocycles. The summed E-state index contributed by atoms with van der Waals surface area (Å²) in [5, 5.41) is 5.65. The van der Waals surface area contributed by atoms with Crippen LogP contribution in [0.4, 0.5) is 0 Å². The van der Waals surface area contributed by atoms with E-state index in [4.69, 9.17) is 21.9 Å². The maximum atomic E-state index is 11.7. The minimum absolute atomic E-state index is 0.0407. The maximum absolute atomic E-state index is 11.7. The van der Waals surface area contributed by atoms with Gasteiger partial charge in [0.15, 0.2) is 0 Å². The minimum atomic E-state index is -0.805. The van der Waals surface area contributed by atoms with E-state index in [-0.39, 0.29) is 11.9 Å². The number of rotatable bonds is 5. The second-order valence-corrected chi connectivity index (χ2v) is 7.48. The molecule has 3 rings (SSSR count). The monoisotopic (exact) mass is 388 g/mol. The summed E-state index contributed by atoms with van der Waals surface area (Å²) < 4.78 is 5.96. The average Bonchev–Trinajstić information content (AvgIpc) is 3.08. The Hall–Kier alpha value is -2.57. The Morgan fingerprint density at radius 1 is 1.44 bits per heavy atom. The summed E-state index contributed by atoms with van der Waals surface area (Å²) in [6, 6.07) is 1.76. The van der Waals surface area contributed by atoms with Crippen molar-refractivity contribution in [2.24, 2.45) is 5.11 Å². The molecule has 0 saturated carbocycles. The van der Waals surface area contributed by atoms with E-state index in [1.165, 1.54) is 0 Å². The second-order valence-electron chi connectivity index (χ2n) is 7.10. The van der Waals surface area contributed by atoms with E-state index < -0.39 is 5.54 Å². The zero-order chi connectivity index (χ0) is 19.6. The number of fused-ring (bicyclic) bond motifs is 1. The molecule has 9 heteroatoms. The largest absolute Gasteiger partial charge is 0.475 e. The minimum Gasteiger partial charge on any atom is -0.475 e. The highest BCUT2D eigenvalue weighted by Gasteiger charge is 2.28. The molecule has 0 N–H and O–H groups in total. The number of halogens is 1. The highest BCUT2D eigenvalue weighted by Crippen LogP contribution is 2.35. The number of amides is 1. The van der Waals surface area contributed by atoms with Gasteiger partial charge < -0.3 is 9.64 Å². The van der Waals surface area contributed by atoms with Crippen LogP contribution in [-0.2, 0) is 10.3 Å². The van der Waals surface area contributed by atoms with Gasteiger partial charge in [0.25, 0.3) is 0 Å². The van der Waals surface area contributed by atoms with Gasteiger partial charge in [-0.05, 0) is 35.4 Å². The van der Waals surface area contributed by atoms with Crippen LogP contribution in [0, 0.1) is 0 Å². The molecular formula is C18H21ClN6O2. The highest BCUT2D eigenvalue weighted by atomic mass is 35.5. The number of nitrogens with zero attached hydrogens (tertiary/aromatic N) is 6. The fourth-order valence-corrected chi connectivity index (χ4v) is 3.61. The zero-order valence-corrected chi connectivity index (χ0v) is 16.3. The van der Waals surface area contributed by atoms with E-state index in [2.05, 4.69) is 20.0 Å². The number of carbonyl (C=O) groups excluding carboxylic acids is 1. The molecule has 142 valence electrons. The van der Waals surface area contributed by atoms with Crippen LogP contribution in [-0.4, -0.2) is 40.0 Å². The second kappa shape index (κ2) is 7.58. The summed E-state index contributed by atoms with van der Waals surface area (Å²) in [4.78, 5) is 25.0. The number of azide groups is 1. The molecule has 2 aromatic rings. The standard InChI is InChI=1S/C18H21ClN6O2/c1-11(26)25-6-4-5-12(25)10-27-17-14-8-21-16(19)7-13(14)15(9-22-17)18(2,3)23-24-20/h7-9,12H,4-6,10H2,1-3H3/t12-/m0/s1. The predicted molar refractivity (Wildman–Crippen MR) is 103 cm³/mol. The number of likely N-dealkylation sites (tertiary alicyclic amines) is 1. The van der Waals surface area contributed by atoms with Gasteiger partial charge in [0.2, 0.25) is 11.8 Å². The molecule has 27 heavy (non-hydrogen) atoms. The first-order valence-corrected chi connectivity index (χ1v) is 9.12. The van der Waals surface area contributed by atoms with E-state index in [1.54, 1.807) is 39.2 Å². The summed E-state index contributed by atoms with van der Waals surface area (Å²) in [5.41, 5.74) is 8.79. The van der Waals surface area contributed by atoms with Gasteiger partial charge in [-0.2, -0.15) is 0 Å². The van der Waals surface area contributed by atoms with Gasteiger partial charge in [-0.3, -0.25) is 4.79 Å². The first kappa shape index (κ1) is 19.2. The first-order chi connectivity index (χ1) is 12.8. The van der Waals surface area contributed by atoms with Crippen molar-refractivity contribution in [1.29, 1.82) is 0 Å². The van der Waals surface area contributed by atoms with Crippen LogP contribution in [0.25, 0.3) is 21.2 Å². The Morgan fingerprint density at radius 2 is 2.22 bits per heavy atom. The lowest BCUT2D eigenvalue weighted by Gasteiger charge is -2.24. The Balaban J connectivity index is 1.96. The van der Waals surface area contributed by atoms with Gasteiger partial charge in [-0.25, -0.2) is 9.97 Å². The van der Waals surface area contributed by atoms with Crippen molar-refractivity contribution in [2.75, 3.05) is 13.2 Å². The molecule has 0 spiro atoms. The van der Waals surface area contributed by atoms with Crippen LogP contribution in [0.2, 0.25) is 5.15 Å². The third-order valence-corrected chi connectivity index (χ3v) is 5.06. The van der Waals surface area contributed by atoms with Gasteiger partial charge >= 0.3 is 0 Å². The van der Waals surface area contributed by atoms with Crippen molar-refractivity contribution in [2.45, 2.75) is 45.2 Å².